The zero-order valence-electron chi connectivity index (χ0n) is 7.91. The second-order valence-corrected chi connectivity index (χ2v) is 4.03. The van der Waals surface area contributed by atoms with E-state index in [1.165, 1.54) is 0 Å². The summed E-state index contributed by atoms with van der Waals surface area (Å²) in [6.07, 6.45) is 5.17. The number of benzene rings is 1. The second kappa shape index (κ2) is 4.37. The molecule has 15 heavy (non-hydrogen) atoms. The third kappa shape index (κ3) is 2.31. The molecule has 0 aliphatic carbocycles. The molecule has 0 amide bonds. The number of nitrogens with zero attached hydrogens (tertiary/aromatic N) is 2. The van der Waals surface area contributed by atoms with Crippen LogP contribution in [0.2, 0.25) is 0 Å². The van der Waals surface area contributed by atoms with Crippen LogP contribution in [0.3, 0.4) is 0 Å². The Balaban J connectivity index is 2.32. The van der Waals surface area contributed by atoms with Crippen LogP contribution in [0.5, 0.6) is 0 Å². The van der Waals surface area contributed by atoms with Crippen LogP contribution >= 0.6 is 0 Å². The molecule has 78 valence electrons. The third-order valence-electron chi connectivity index (χ3n) is 2.07. The molecule has 0 saturated heterocycles. The molecule has 0 aliphatic rings. The minimum atomic E-state index is -1.94. The first-order valence-corrected chi connectivity index (χ1v) is 5.52. The summed E-state index contributed by atoms with van der Waals surface area (Å²) < 4.78 is 22.0. The van der Waals surface area contributed by atoms with Crippen LogP contribution in [0.1, 0.15) is 5.56 Å². The van der Waals surface area contributed by atoms with Crippen molar-refractivity contribution in [1.82, 2.24) is 9.55 Å². The Labute approximate surface area is 89.9 Å². The smallest absolute Gasteiger partial charge is 0.186 e. The van der Waals surface area contributed by atoms with Gasteiger partial charge in [0.1, 0.15) is 0 Å². The Morgan fingerprint density at radius 1 is 1.40 bits per heavy atom. The fourth-order valence-corrected chi connectivity index (χ4v) is 1.93. The molecule has 2 rings (SSSR count). The zero-order chi connectivity index (χ0) is 10.7. The normalized spacial score (nSPS) is 12.6. The molecule has 0 radical (unpaired) electrons. The lowest BCUT2D eigenvalue weighted by Gasteiger charge is -2.06. The van der Waals surface area contributed by atoms with Crippen molar-refractivity contribution in [3.63, 3.8) is 0 Å². The summed E-state index contributed by atoms with van der Waals surface area (Å²) in [5.41, 5.74) is 0.830. The van der Waals surface area contributed by atoms with Crippen LogP contribution in [-0.4, -0.2) is 18.3 Å². The maximum absolute atomic E-state index is 11.0. The van der Waals surface area contributed by atoms with Crippen molar-refractivity contribution in [1.29, 1.82) is 0 Å². The van der Waals surface area contributed by atoms with Crippen LogP contribution in [-0.2, 0) is 17.6 Å². The minimum Gasteiger partial charge on any atom is -0.333 e. The molecule has 0 spiro atoms. The molecule has 1 heterocycles. The molecular formula is C10H10N2O2S. The number of rotatable bonds is 3. The van der Waals surface area contributed by atoms with Crippen molar-refractivity contribution < 1.29 is 8.76 Å². The van der Waals surface area contributed by atoms with Crippen molar-refractivity contribution >= 4 is 11.1 Å². The lowest BCUT2D eigenvalue weighted by molar-refractivity contribution is 0.562. The van der Waals surface area contributed by atoms with Gasteiger partial charge in [-0.25, -0.2) is 9.19 Å². The number of imidazole rings is 1. The number of hydrogen-bond donors (Lipinski definition) is 1. The molecule has 4 nitrogen and oxygen atoms in total. The Hall–Kier alpha value is -1.46. The standard InChI is InChI=1S/C10H10N2O2S/c13-15(14)10-4-2-1-3-9(10)7-12-6-5-11-8-12/h1-6,8H,7H2,(H,13,14). The maximum Gasteiger partial charge on any atom is 0.186 e. The van der Waals surface area contributed by atoms with Crippen LogP contribution in [0.4, 0.5) is 0 Å². The van der Waals surface area contributed by atoms with Gasteiger partial charge in [-0.1, -0.05) is 18.2 Å². The largest absolute Gasteiger partial charge is 0.333 e. The quantitative estimate of drug-likeness (QED) is 0.801. The van der Waals surface area contributed by atoms with E-state index < -0.39 is 11.1 Å². The summed E-state index contributed by atoms with van der Waals surface area (Å²) >= 11 is -1.94. The molecule has 0 aliphatic heterocycles. The summed E-state index contributed by atoms with van der Waals surface area (Å²) in [5, 5.41) is 0. The SMILES string of the molecule is O=S(O)c1ccccc1Cn1ccnc1. The van der Waals surface area contributed by atoms with Gasteiger partial charge in [0.2, 0.25) is 0 Å². The molecule has 0 fully saturated rings. The Morgan fingerprint density at radius 2 is 2.20 bits per heavy atom. The number of hydrogen-bond acceptors (Lipinski definition) is 2. The first kappa shape index (κ1) is 10.1. The highest BCUT2D eigenvalue weighted by Gasteiger charge is 2.06. The summed E-state index contributed by atoms with van der Waals surface area (Å²) in [5.74, 6) is 0. The predicted molar refractivity (Wildman–Crippen MR) is 56.8 cm³/mol. The van der Waals surface area contributed by atoms with Crippen LogP contribution in [0.25, 0.3) is 0 Å². The van der Waals surface area contributed by atoms with E-state index in [0.29, 0.717) is 11.4 Å². The van der Waals surface area contributed by atoms with Crippen LogP contribution in [0, 0.1) is 0 Å². The summed E-state index contributed by atoms with van der Waals surface area (Å²) in [7, 11) is 0. The van der Waals surface area contributed by atoms with Gasteiger partial charge in [0.15, 0.2) is 11.1 Å². The number of aromatic nitrogens is 2. The Kier molecular flexibility index (Phi) is 2.94. The van der Waals surface area contributed by atoms with E-state index in [-0.39, 0.29) is 0 Å². The Bertz CT molecular complexity index is 468. The van der Waals surface area contributed by atoms with Gasteiger partial charge >= 0.3 is 0 Å². The summed E-state index contributed by atoms with van der Waals surface area (Å²) in [6.45, 7) is 0.558. The molecule has 5 heteroatoms. The van der Waals surface area contributed by atoms with Gasteiger partial charge < -0.3 is 9.12 Å². The molecule has 0 bridgehead atoms. The van der Waals surface area contributed by atoms with Crippen LogP contribution in [0.15, 0.2) is 47.9 Å². The monoisotopic (exact) mass is 222 g/mol. The molecule has 1 aromatic heterocycles. The minimum absolute atomic E-state index is 0.450. The van der Waals surface area contributed by atoms with Crippen LogP contribution < -0.4 is 0 Å². The van der Waals surface area contributed by atoms with E-state index in [9.17, 15) is 4.21 Å². The zero-order valence-corrected chi connectivity index (χ0v) is 8.72. The van der Waals surface area contributed by atoms with E-state index in [0.717, 1.165) is 5.56 Å². The summed E-state index contributed by atoms with van der Waals surface area (Å²) in [4.78, 5) is 4.37. The maximum atomic E-state index is 11.0. The third-order valence-corrected chi connectivity index (χ3v) is 2.85. The Morgan fingerprint density at radius 3 is 2.87 bits per heavy atom. The fourth-order valence-electron chi connectivity index (χ4n) is 1.38. The first-order valence-electron chi connectivity index (χ1n) is 4.42. The van der Waals surface area contributed by atoms with E-state index in [1.54, 1.807) is 24.7 Å². The highest BCUT2D eigenvalue weighted by molar-refractivity contribution is 7.79. The molecule has 1 N–H and O–H groups in total. The highest BCUT2D eigenvalue weighted by atomic mass is 32.2. The average Bonchev–Trinajstić information content (AvgIpc) is 2.71. The van der Waals surface area contributed by atoms with Gasteiger partial charge in [-0.3, -0.25) is 0 Å². The molecule has 0 saturated carbocycles. The van der Waals surface area contributed by atoms with Crippen molar-refractivity contribution in [2.45, 2.75) is 11.4 Å². The highest BCUT2D eigenvalue weighted by Crippen LogP contribution is 2.13. The molecule has 1 unspecified atom stereocenters. The lowest BCUT2D eigenvalue weighted by atomic mass is 10.2. The van der Waals surface area contributed by atoms with Crippen molar-refractivity contribution in [2.75, 3.05) is 0 Å². The van der Waals surface area contributed by atoms with Gasteiger partial charge in [-0.2, -0.15) is 0 Å². The van der Waals surface area contributed by atoms with E-state index in [4.69, 9.17) is 4.55 Å². The molecule has 1 aromatic carbocycles. The average molecular weight is 222 g/mol. The first-order chi connectivity index (χ1) is 7.27. The van der Waals surface area contributed by atoms with E-state index in [2.05, 4.69) is 4.98 Å². The van der Waals surface area contributed by atoms with E-state index >= 15 is 0 Å². The second-order valence-electron chi connectivity index (χ2n) is 3.09. The predicted octanol–water partition coefficient (Wildman–Crippen LogP) is 1.51. The molecule has 2 aromatic rings. The lowest BCUT2D eigenvalue weighted by Crippen LogP contribution is -2.01. The molecule has 1 atom stereocenters. The van der Waals surface area contributed by atoms with Gasteiger partial charge in [-0.15, -0.1) is 0 Å². The van der Waals surface area contributed by atoms with Gasteiger partial charge in [0, 0.05) is 18.9 Å². The van der Waals surface area contributed by atoms with Gasteiger partial charge in [0.05, 0.1) is 11.2 Å². The van der Waals surface area contributed by atoms with Crippen molar-refractivity contribution in [3.8, 4) is 0 Å². The van der Waals surface area contributed by atoms with Gasteiger partial charge in [0.25, 0.3) is 0 Å². The fraction of sp³-hybridized carbons (Fsp3) is 0.100. The summed E-state index contributed by atoms with van der Waals surface area (Å²) in [6, 6.07) is 7.09. The topological polar surface area (TPSA) is 55.1 Å². The van der Waals surface area contributed by atoms with E-state index in [1.807, 2.05) is 22.9 Å². The van der Waals surface area contributed by atoms with Crippen molar-refractivity contribution in [3.05, 3.63) is 48.5 Å². The van der Waals surface area contributed by atoms with Crippen molar-refractivity contribution in [2.24, 2.45) is 0 Å². The van der Waals surface area contributed by atoms with Gasteiger partial charge in [-0.05, 0) is 11.6 Å². The molecular weight excluding hydrogens is 212 g/mol.